The Labute approximate surface area is 180 Å². The van der Waals surface area contributed by atoms with E-state index < -0.39 is 5.97 Å². The second kappa shape index (κ2) is 8.93. The van der Waals surface area contributed by atoms with Crippen LogP contribution in [0.15, 0.2) is 53.0 Å². The number of ketones is 1. The SMILES string of the molecule is N#CCCn1cc(C(=O)COC(=O)CCn2cnc3sccc3c2=O)c2ccccc21. The Kier molecular flexibility index (Phi) is 5.91. The van der Waals surface area contributed by atoms with Crippen LogP contribution in [0.5, 0.6) is 0 Å². The number of aryl methyl sites for hydroxylation is 2. The largest absolute Gasteiger partial charge is 0.457 e. The van der Waals surface area contributed by atoms with Gasteiger partial charge in [0.15, 0.2) is 6.61 Å². The molecule has 31 heavy (non-hydrogen) atoms. The second-order valence-electron chi connectivity index (χ2n) is 6.88. The summed E-state index contributed by atoms with van der Waals surface area (Å²) in [6.45, 7) is 0.210. The number of rotatable bonds is 8. The molecule has 0 fully saturated rings. The zero-order chi connectivity index (χ0) is 21.8. The fraction of sp³-hybridized carbons (Fsp3) is 0.227. The normalized spacial score (nSPS) is 10.9. The summed E-state index contributed by atoms with van der Waals surface area (Å²) in [5.74, 6) is -0.891. The van der Waals surface area contributed by atoms with Gasteiger partial charge in [0.05, 0.1) is 30.6 Å². The van der Waals surface area contributed by atoms with Gasteiger partial charge in [-0.15, -0.1) is 11.3 Å². The summed E-state index contributed by atoms with van der Waals surface area (Å²) < 4.78 is 8.36. The summed E-state index contributed by atoms with van der Waals surface area (Å²) >= 11 is 1.38. The van der Waals surface area contributed by atoms with Crippen molar-refractivity contribution in [3.8, 4) is 6.07 Å². The molecule has 3 aromatic heterocycles. The molecule has 0 aliphatic carbocycles. The first-order chi connectivity index (χ1) is 15.1. The van der Waals surface area contributed by atoms with E-state index in [4.69, 9.17) is 10.00 Å². The van der Waals surface area contributed by atoms with Crippen LogP contribution in [-0.2, 0) is 22.6 Å². The van der Waals surface area contributed by atoms with Crippen LogP contribution in [0.3, 0.4) is 0 Å². The van der Waals surface area contributed by atoms with Crippen molar-refractivity contribution in [3.63, 3.8) is 0 Å². The van der Waals surface area contributed by atoms with E-state index in [0.29, 0.717) is 28.7 Å². The number of benzene rings is 1. The average molecular weight is 434 g/mol. The maximum Gasteiger partial charge on any atom is 0.308 e. The number of carbonyl (C=O) groups excluding carboxylic acids is 2. The number of aromatic nitrogens is 3. The number of para-hydroxylation sites is 1. The average Bonchev–Trinajstić information content (AvgIpc) is 3.41. The minimum Gasteiger partial charge on any atom is -0.457 e. The third kappa shape index (κ3) is 4.25. The lowest BCUT2D eigenvalue weighted by Crippen LogP contribution is -2.22. The van der Waals surface area contributed by atoms with Crippen molar-refractivity contribution in [3.05, 3.63) is 64.2 Å². The van der Waals surface area contributed by atoms with Gasteiger partial charge in [-0.25, -0.2) is 4.98 Å². The van der Waals surface area contributed by atoms with Crippen molar-refractivity contribution in [2.24, 2.45) is 0 Å². The Morgan fingerprint density at radius 3 is 2.81 bits per heavy atom. The molecule has 0 spiro atoms. The van der Waals surface area contributed by atoms with Gasteiger partial charge in [0.25, 0.3) is 5.56 Å². The van der Waals surface area contributed by atoms with Crippen LogP contribution in [0, 0.1) is 11.3 Å². The summed E-state index contributed by atoms with van der Waals surface area (Å²) in [6.07, 6.45) is 3.39. The maximum atomic E-state index is 12.7. The lowest BCUT2D eigenvalue weighted by molar-refractivity contribution is -0.142. The molecular formula is C22H18N4O4S. The molecule has 4 aromatic rings. The molecule has 156 valence electrons. The van der Waals surface area contributed by atoms with Crippen LogP contribution in [-0.4, -0.2) is 32.5 Å². The summed E-state index contributed by atoms with van der Waals surface area (Å²) in [4.78, 5) is 42.0. The second-order valence-corrected chi connectivity index (χ2v) is 7.77. The topological polar surface area (TPSA) is 107 Å². The summed E-state index contributed by atoms with van der Waals surface area (Å²) in [5, 5.41) is 11.9. The minimum atomic E-state index is -0.570. The molecule has 0 aliphatic rings. The number of carbonyl (C=O) groups is 2. The monoisotopic (exact) mass is 434 g/mol. The Morgan fingerprint density at radius 1 is 1.13 bits per heavy atom. The van der Waals surface area contributed by atoms with Gasteiger partial charge in [0.2, 0.25) is 5.78 Å². The first-order valence-corrected chi connectivity index (χ1v) is 10.5. The Bertz CT molecular complexity index is 1380. The van der Waals surface area contributed by atoms with E-state index >= 15 is 0 Å². The van der Waals surface area contributed by atoms with Crippen molar-refractivity contribution in [2.75, 3.05) is 6.61 Å². The van der Waals surface area contributed by atoms with Crippen LogP contribution in [0.25, 0.3) is 21.1 Å². The first kappa shape index (κ1) is 20.5. The lowest BCUT2D eigenvalue weighted by Gasteiger charge is -2.06. The van der Waals surface area contributed by atoms with E-state index in [-0.39, 0.29) is 30.9 Å². The highest BCUT2D eigenvalue weighted by molar-refractivity contribution is 7.16. The van der Waals surface area contributed by atoms with Crippen molar-refractivity contribution in [2.45, 2.75) is 25.9 Å². The highest BCUT2D eigenvalue weighted by Gasteiger charge is 2.17. The van der Waals surface area contributed by atoms with Crippen LogP contribution in [0.1, 0.15) is 23.2 Å². The van der Waals surface area contributed by atoms with Gasteiger partial charge in [-0.05, 0) is 17.5 Å². The molecule has 0 N–H and O–H groups in total. The predicted octanol–water partition coefficient (Wildman–Crippen LogP) is 3.14. The molecule has 0 amide bonds. The van der Waals surface area contributed by atoms with Gasteiger partial charge in [0, 0.05) is 35.8 Å². The van der Waals surface area contributed by atoms with Crippen LogP contribution < -0.4 is 5.56 Å². The highest BCUT2D eigenvalue weighted by Crippen LogP contribution is 2.22. The number of nitriles is 1. The van der Waals surface area contributed by atoms with E-state index in [1.165, 1.54) is 22.2 Å². The third-order valence-electron chi connectivity index (χ3n) is 4.93. The van der Waals surface area contributed by atoms with Gasteiger partial charge < -0.3 is 9.30 Å². The van der Waals surface area contributed by atoms with Gasteiger partial charge in [-0.2, -0.15) is 5.26 Å². The van der Waals surface area contributed by atoms with Crippen LogP contribution in [0.2, 0.25) is 0 Å². The standard InChI is InChI=1S/C22H18N4O4S/c23-8-3-9-25-12-17(15-4-1-2-5-18(15)25)19(27)13-30-20(28)6-10-26-14-24-21-16(22(26)29)7-11-31-21/h1-2,4-5,7,11-12,14H,3,6,9-10,13H2. The van der Waals surface area contributed by atoms with E-state index in [0.717, 1.165) is 10.9 Å². The summed E-state index contributed by atoms with van der Waals surface area (Å²) in [6, 6.07) is 11.2. The minimum absolute atomic E-state index is 0.0472. The molecular weight excluding hydrogens is 416 g/mol. The summed E-state index contributed by atoms with van der Waals surface area (Å²) in [5.41, 5.74) is 1.09. The Hall–Kier alpha value is -3.77. The fourth-order valence-corrected chi connectivity index (χ4v) is 4.11. The number of Topliss-reactive ketones (excluding diaryl/α,β-unsaturated/α-hetero) is 1. The molecule has 0 saturated carbocycles. The lowest BCUT2D eigenvalue weighted by atomic mass is 10.1. The number of ether oxygens (including phenoxy) is 1. The number of nitrogens with zero attached hydrogens (tertiary/aromatic N) is 4. The van der Waals surface area contributed by atoms with Gasteiger partial charge in [-0.1, -0.05) is 18.2 Å². The van der Waals surface area contributed by atoms with Gasteiger partial charge in [-0.3, -0.25) is 19.0 Å². The van der Waals surface area contributed by atoms with Crippen LogP contribution >= 0.6 is 11.3 Å². The Morgan fingerprint density at radius 2 is 1.97 bits per heavy atom. The number of thiophene rings is 1. The Balaban J connectivity index is 1.39. The highest BCUT2D eigenvalue weighted by atomic mass is 32.1. The van der Waals surface area contributed by atoms with E-state index in [9.17, 15) is 14.4 Å². The molecule has 0 unspecified atom stereocenters. The van der Waals surface area contributed by atoms with Crippen LogP contribution in [0.4, 0.5) is 0 Å². The molecule has 9 heteroatoms. The quantitative estimate of drug-likeness (QED) is 0.311. The van der Waals surface area contributed by atoms with Crippen molar-refractivity contribution >= 4 is 44.2 Å². The van der Waals surface area contributed by atoms with E-state index in [1.807, 2.05) is 28.8 Å². The number of fused-ring (bicyclic) bond motifs is 2. The van der Waals surface area contributed by atoms with Crippen molar-refractivity contribution < 1.29 is 14.3 Å². The maximum absolute atomic E-state index is 12.7. The van der Waals surface area contributed by atoms with E-state index in [2.05, 4.69) is 11.1 Å². The fourth-order valence-electron chi connectivity index (χ4n) is 3.38. The molecule has 1 aromatic carbocycles. The third-order valence-corrected chi connectivity index (χ3v) is 5.75. The molecule has 0 saturated heterocycles. The number of hydrogen-bond donors (Lipinski definition) is 0. The smallest absolute Gasteiger partial charge is 0.308 e. The van der Waals surface area contributed by atoms with Crippen molar-refractivity contribution in [1.29, 1.82) is 5.26 Å². The van der Waals surface area contributed by atoms with Gasteiger partial charge in [0.1, 0.15) is 4.83 Å². The van der Waals surface area contributed by atoms with E-state index in [1.54, 1.807) is 17.6 Å². The molecule has 3 heterocycles. The molecule has 8 nitrogen and oxygen atoms in total. The molecule has 4 rings (SSSR count). The zero-order valence-corrected chi connectivity index (χ0v) is 17.3. The molecule has 0 bridgehead atoms. The number of esters is 1. The zero-order valence-electron chi connectivity index (χ0n) is 16.5. The van der Waals surface area contributed by atoms with Gasteiger partial charge >= 0.3 is 5.97 Å². The molecule has 0 aliphatic heterocycles. The summed E-state index contributed by atoms with van der Waals surface area (Å²) in [7, 11) is 0. The molecule has 0 radical (unpaired) electrons. The first-order valence-electron chi connectivity index (χ1n) is 9.65. The number of hydrogen-bond acceptors (Lipinski definition) is 7. The predicted molar refractivity (Wildman–Crippen MR) is 116 cm³/mol. The molecule has 0 atom stereocenters. The van der Waals surface area contributed by atoms with Crippen molar-refractivity contribution in [1.82, 2.24) is 14.1 Å².